The van der Waals surface area contributed by atoms with E-state index in [1.807, 2.05) is 11.9 Å². The molecule has 0 fully saturated rings. The van der Waals surface area contributed by atoms with Crippen molar-refractivity contribution in [2.24, 2.45) is 0 Å². The molecule has 0 saturated carbocycles. The molecule has 0 unspecified atom stereocenters. The van der Waals surface area contributed by atoms with Gasteiger partial charge in [-0.15, -0.1) is 0 Å². The zero-order valence-corrected chi connectivity index (χ0v) is 9.20. The molecule has 1 aromatic heterocycles. The van der Waals surface area contributed by atoms with Crippen molar-refractivity contribution >= 4 is 11.5 Å². The number of anilines is 2. The minimum atomic E-state index is 0.471. The quantitative estimate of drug-likeness (QED) is 0.811. The minimum absolute atomic E-state index is 0.471. The fourth-order valence-corrected chi connectivity index (χ4v) is 1.37. The van der Waals surface area contributed by atoms with E-state index in [1.54, 1.807) is 12.3 Å². The number of pyridine rings is 1. The molecule has 0 bridgehead atoms. The number of hydrogen-bond donors (Lipinski definition) is 1. The van der Waals surface area contributed by atoms with Gasteiger partial charge in [0.15, 0.2) is 5.82 Å². The summed E-state index contributed by atoms with van der Waals surface area (Å²) in [7, 11) is 1.94. The monoisotopic (exact) mass is 204 g/mol. The number of nitriles is 1. The van der Waals surface area contributed by atoms with Gasteiger partial charge in [0.05, 0.1) is 11.3 Å². The first kappa shape index (κ1) is 11.3. The molecule has 0 saturated heterocycles. The molecular formula is C11H16N4. The molecule has 4 nitrogen and oxygen atoms in total. The molecule has 2 N–H and O–H groups in total. The number of hydrogen-bond acceptors (Lipinski definition) is 4. The Labute approximate surface area is 90.3 Å². The van der Waals surface area contributed by atoms with Crippen LogP contribution in [0.1, 0.15) is 25.3 Å². The number of nitrogens with two attached hydrogens (primary N) is 1. The fourth-order valence-electron chi connectivity index (χ4n) is 1.37. The van der Waals surface area contributed by atoms with Crippen LogP contribution in [0.4, 0.5) is 11.5 Å². The molecule has 1 rings (SSSR count). The summed E-state index contributed by atoms with van der Waals surface area (Å²) in [5, 5.41) is 8.82. The van der Waals surface area contributed by atoms with Gasteiger partial charge in [-0.25, -0.2) is 4.98 Å². The summed E-state index contributed by atoms with van der Waals surface area (Å²) in [6.07, 6.45) is 3.84. The molecule has 4 heteroatoms. The maximum Gasteiger partial charge on any atom is 0.152 e. The van der Waals surface area contributed by atoms with Crippen LogP contribution in [0, 0.1) is 11.3 Å². The summed E-state index contributed by atoms with van der Waals surface area (Å²) >= 11 is 0. The molecule has 1 heterocycles. The zero-order chi connectivity index (χ0) is 11.3. The van der Waals surface area contributed by atoms with Crippen LogP contribution in [-0.4, -0.2) is 18.6 Å². The summed E-state index contributed by atoms with van der Waals surface area (Å²) in [6.45, 7) is 3.04. The predicted octanol–water partition coefficient (Wildman–Crippen LogP) is 1.77. The fraction of sp³-hybridized carbons (Fsp3) is 0.455. The van der Waals surface area contributed by atoms with Gasteiger partial charge in [0, 0.05) is 19.8 Å². The number of aromatic nitrogens is 1. The zero-order valence-electron chi connectivity index (χ0n) is 9.20. The average Bonchev–Trinajstić information content (AvgIpc) is 2.26. The third-order valence-corrected chi connectivity index (χ3v) is 2.30. The second kappa shape index (κ2) is 5.20. The van der Waals surface area contributed by atoms with Crippen LogP contribution in [0.15, 0.2) is 12.3 Å². The Morgan fingerprint density at radius 3 is 2.93 bits per heavy atom. The van der Waals surface area contributed by atoms with Gasteiger partial charge in [0.2, 0.25) is 0 Å². The van der Waals surface area contributed by atoms with Crippen LogP contribution < -0.4 is 10.6 Å². The van der Waals surface area contributed by atoms with Gasteiger partial charge < -0.3 is 10.6 Å². The molecule has 0 radical (unpaired) electrons. The van der Waals surface area contributed by atoms with Gasteiger partial charge in [-0.05, 0) is 12.5 Å². The summed E-state index contributed by atoms with van der Waals surface area (Å²) in [5.74, 6) is 0.697. The number of rotatable bonds is 4. The van der Waals surface area contributed by atoms with E-state index < -0.39 is 0 Å². The van der Waals surface area contributed by atoms with Crippen molar-refractivity contribution < 1.29 is 0 Å². The van der Waals surface area contributed by atoms with Gasteiger partial charge in [0.25, 0.3) is 0 Å². The molecule has 0 aromatic carbocycles. The third-order valence-electron chi connectivity index (χ3n) is 2.30. The summed E-state index contributed by atoms with van der Waals surface area (Å²) in [5.41, 5.74) is 6.80. The lowest BCUT2D eigenvalue weighted by atomic mass is 10.2. The summed E-state index contributed by atoms with van der Waals surface area (Å²) < 4.78 is 0. The van der Waals surface area contributed by atoms with Crippen molar-refractivity contribution in [2.75, 3.05) is 24.2 Å². The van der Waals surface area contributed by atoms with Gasteiger partial charge in [0.1, 0.15) is 6.07 Å². The van der Waals surface area contributed by atoms with Crippen molar-refractivity contribution in [2.45, 2.75) is 19.8 Å². The van der Waals surface area contributed by atoms with Gasteiger partial charge in [-0.2, -0.15) is 5.26 Å². The summed E-state index contributed by atoms with van der Waals surface area (Å²) in [4.78, 5) is 6.18. The first-order chi connectivity index (χ1) is 7.20. The van der Waals surface area contributed by atoms with Gasteiger partial charge in [-0.3, -0.25) is 0 Å². The van der Waals surface area contributed by atoms with E-state index in [9.17, 15) is 0 Å². The molecular weight excluding hydrogens is 188 g/mol. The highest BCUT2D eigenvalue weighted by Gasteiger charge is 2.09. The summed E-state index contributed by atoms with van der Waals surface area (Å²) in [6, 6.07) is 3.69. The van der Waals surface area contributed by atoms with Crippen molar-refractivity contribution in [1.82, 2.24) is 4.98 Å². The van der Waals surface area contributed by atoms with E-state index in [0.29, 0.717) is 17.1 Å². The van der Waals surface area contributed by atoms with Crippen LogP contribution in [0.3, 0.4) is 0 Å². The smallest absolute Gasteiger partial charge is 0.152 e. The highest BCUT2D eigenvalue weighted by molar-refractivity contribution is 5.69. The van der Waals surface area contributed by atoms with Crippen LogP contribution in [-0.2, 0) is 0 Å². The minimum Gasteiger partial charge on any atom is -0.395 e. The van der Waals surface area contributed by atoms with Gasteiger partial charge in [-0.1, -0.05) is 13.3 Å². The van der Waals surface area contributed by atoms with Crippen LogP contribution in [0.25, 0.3) is 0 Å². The normalized spacial score (nSPS) is 9.67. The highest BCUT2D eigenvalue weighted by atomic mass is 15.2. The molecule has 0 aliphatic heterocycles. The molecule has 0 atom stereocenters. The lowest BCUT2D eigenvalue weighted by Gasteiger charge is -2.19. The Kier molecular flexibility index (Phi) is 3.92. The first-order valence-corrected chi connectivity index (χ1v) is 5.06. The Balaban J connectivity index is 2.90. The van der Waals surface area contributed by atoms with Crippen LogP contribution >= 0.6 is 0 Å². The number of nitrogens with zero attached hydrogens (tertiary/aromatic N) is 3. The van der Waals surface area contributed by atoms with Crippen LogP contribution in [0.2, 0.25) is 0 Å². The molecule has 0 aliphatic rings. The van der Waals surface area contributed by atoms with Crippen LogP contribution in [0.5, 0.6) is 0 Å². The topological polar surface area (TPSA) is 65.9 Å². The molecule has 80 valence electrons. The lowest BCUT2D eigenvalue weighted by Crippen LogP contribution is -2.21. The number of unbranched alkanes of at least 4 members (excludes halogenated alkanes) is 1. The Morgan fingerprint density at radius 1 is 1.60 bits per heavy atom. The van der Waals surface area contributed by atoms with E-state index in [2.05, 4.69) is 18.0 Å². The van der Waals surface area contributed by atoms with Crippen molar-refractivity contribution in [3.63, 3.8) is 0 Å². The van der Waals surface area contributed by atoms with Crippen molar-refractivity contribution in [3.8, 4) is 6.07 Å². The average molecular weight is 204 g/mol. The van der Waals surface area contributed by atoms with E-state index >= 15 is 0 Å². The second-order valence-electron chi connectivity index (χ2n) is 3.48. The van der Waals surface area contributed by atoms with E-state index in [-0.39, 0.29) is 0 Å². The molecule has 0 aliphatic carbocycles. The Morgan fingerprint density at radius 2 is 2.33 bits per heavy atom. The van der Waals surface area contributed by atoms with Crippen molar-refractivity contribution in [1.29, 1.82) is 5.26 Å². The molecule has 0 spiro atoms. The van der Waals surface area contributed by atoms with Crippen molar-refractivity contribution in [3.05, 3.63) is 17.8 Å². The largest absolute Gasteiger partial charge is 0.395 e. The molecule has 15 heavy (non-hydrogen) atoms. The number of nitrogen functional groups attached to an aromatic ring is 1. The first-order valence-electron chi connectivity index (χ1n) is 5.06. The van der Waals surface area contributed by atoms with Gasteiger partial charge >= 0.3 is 0 Å². The standard InChI is InChI=1S/C11H16N4/c1-3-4-7-15(2)11-10(13)9(8-12)5-6-14-11/h5-6H,3-4,7,13H2,1-2H3. The molecule has 1 aromatic rings. The maximum atomic E-state index is 8.82. The van der Waals surface area contributed by atoms with E-state index in [4.69, 9.17) is 11.0 Å². The van der Waals surface area contributed by atoms with E-state index in [0.717, 1.165) is 19.4 Å². The molecule has 0 amide bonds. The lowest BCUT2D eigenvalue weighted by molar-refractivity contribution is 0.760. The SMILES string of the molecule is CCCCN(C)c1nccc(C#N)c1N. The highest BCUT2D eigenvalue weighted by Crippen LogP contribution is 2.22. The third kappa shape index (κ3) is 2.59. The van der Waals surface area contributed by atoms with E-state index in [1.165, 1.54) is 0 Å². The predicted molar refractivity (Wildman–Crippen MR) is 61.5 cm³/mol. The second-order valence-corrected chi connectivity index (χ2v) is 3.48. The maximum absolute atomic E-state index is 8.82. The Bertz CT molecular complexity index is 367. The Hall–Kier alpha value is -1.76.